The standard InChI is InChI=1S/C14H23Cl2N3/c1-4-6-7-9-19(3)14-12(16)10-11(15)13(18-14)17-8-5-2/h10H,4-9H2,1-3H3,(H,17,18). The van der Waals surface area contributed by atoms with E-state index in [9.17, 15) is 0 Å². The number of nitrogens with one attached hydrogen (secondary N) is 1. The number of unbranched alkanes of at least 4 members (excludes halogenated alkanes) is 2. The van der Waals surface area contributed by atoms with Crippen molar-refractivity contribution in [3.05, 3.63) is 16.1 Å². The van der Waals surface area contributed by atoms with Gasteiger partial charge >= 0.3 is 0 Å². The molecule has 1 N–H and O–H groups in total. The first kappa shape index (κ1) is 16.4. The van der Waals surface area contributed by atoms with Crippen LogP contribution in [0, 0.1) is 0 Å². The van der Waals surface area contributed by atoms with Crippen molar-refractivity contribution < 1.29 is 0 Å². The highest BCUT2D eigenvalue weighted by molar-refractivity contribution is 6.37. The van der Waals surface area contributed by atoms with Crippen LogP contribution >= 0.6 is 23.2 Å². The average molecular weight is 304 g/mol. The highest BCUT2D eigenvalue weighted by Gasteiger charge is 2.12. The first-order valence-electron chi connectivity index (χ1n) is 6.91. The third-order valence-electron chi connectivity index (χ3n) is 2.91. The van der Waals surface area contributed by atoms with E-state index in [0.29, 0.717) is 15.9 Å². The third kappa shape index (κ3) is 5.07. The topological polar surface area (TPSA) is 28.2 Å². The van der Waals surface area contributed by atoms with Gasteiger partial charge in [0.25, 0.3) is 0 Å². The van der Waals surface area contributed by atoms with Gasteiger partial charge in [0, 0.05) is 20.1 Å². The van der Waals surface area contributed by atoms with Crippen LogP contribution in [0.4, 0.5) is 11.6 Å². The predicted octanol–water partition coefficient (Wildman–Crippen LogP) is 4.84. The molecule has 0 bridgehead atoms. The number of aromatic nitrogens is 1. The van der Waals surface area contributed by atoms with Gasteiger partial charge in [-0.2, -0.15) is 0 Å². The van der Waals surface area contributed by atoms with Crippen LogP contribution in [0.5, 0.6) is 0 Å². The molecular formula is C14H23Cl2N3. The van der Waals surface area contributed by atoms with Crippen molar-refractivity contribution in [3.63, 3.8) is 0 Å². The van der Waals surface area contributed by atoms with Gasteiger partial charge in [-0.15, -0.1) is 0 Å². The van der Waals surface area contributed by atoms with Gasteiger partial charge in [0.1, 0.15) is 11.6 Å². The lowest BCUT2D eigenvalue weighted by molar-refractivity contribution is 0.701. The molecule has 19 heavy (non-hydrogen) atoms. The molecule has 1 aromatic heterocycles. The van der Waals surface area contributed by atoms with E-state index in [1.807, 2.05) is 7.05 Å². The normalized spacial score (nSPS) is 10.6. The minimum absolute atomic E-state index is 0.573. The van der Waals surface area contributed by atoms with Gasteiger partial charge in [-0.05, 0) is 18.9 Å². The van der Waals surface area contributed by atoms with Gasteiger partial charge in [-0.25, -0.2) is 4.98 Å². The van der Waals surface area contributed by atoms with Crippen LogP contribution in [0.3, 0.4) is 0 Å². The molecule has 0 spiro atoms. The van der Waals surface area contributed by atoms with Crippen molar-refractivity contribution in [3.8, 4) is 0 Å². The van der Waals surface area contributed by atoms with Crippen molar-refractivity contribution in [1.82, 2.24) is 4.98 Å². The smallest absolute Gasteiger partial charge is 0.149 e. The Bertz CT molecular complexity index is 397. The molecule has 1 aromatic rings. The van der Waals surface area contributed by atoms with Gasteiger partial charge in [-0.3, -0.25) is 0 Å². The second-order valence-electron chi connectivity index (χ2n) is 4.68. The molecule has 0 saturated heterocycles. The summed E-state index contributed by atoms with van der Waals surface area (Å²) >= 11 is 12.4. The second-order valence-corrected chi connectivity index (χ2v) is 5.49. The summed E-state index contributed by atoms with van der Waals surface area (Å²) in [6, 6.07) is 1.76. The fourth-order valence-electron chi connectivity index (χ4n) is 1.80. The Morgan fingerprint density at radius 3 is 2.53 bits per heavy atom. The van der Waals surface area contributed by atoms with Gasteiger partial charge in [-0.1, -0.05) is 49.9 Å². The molecule has 0 atom stereocenters. The molecule has 1 rings (SSSR count). The van der Waals surface area contributed by atoms with Crippen molar-refractivity contribution in [2.24, 2.45) is 0 Å². The Kier molecular flexibility index (Phi) is 7.32. The quantitative estimate of drug-likeness (QED) is 0.697. The highest BCUT2D eigenvalue weighted by Crippen LogP contribution is 2.31. The Balaban J connectivity index is 2.80. The summed E-state index contributed by atoms with van der Waals surface area (Å²) in [4.78, 5) is 6.63. The number of nitrogens with zero attached hydrogens (tertiary/aromatic N) is 2. The fraction of sp³-hybridized carbons (Fsp3) is 0.643. The summed E-state index contributed by atoms with van der Waals surface area (Å²) in [5.74, 6) is 1.51. The van der Waals surface area contributed by atoms with E-state index < -0.39 is 0 Å². The molecule has 0 aromatic carbocycles. The van der Waals surface area contributed by atoms with E-state index in [1.54, 1.807) is 6.07 Å². The zero-order chi connectivity index (χ0) is 14.3. The lowest BCUT2D eigenvalue weighted by Gasteiger charge is -2.20. The molecule has 1 heterocycles. The maximum absolute atomic E-state index is 6.23. The van der Waals surface area contributed by atoms with E-state index in [0.717, 1.165) is 31.7 Å². The minimum Gasteiger partial charge on any atom is -0.369 e. The molecule has 0 unspecified atom stereocenters. The molecule has 0 aliphatic carbocycles. The Morgan fingerprint density at radius 2 is 1.89 bits per heavy atom. The first-order valence-corrected chi connectivity index (χ1v) is 7.66. The van der Waals surface area contributed by atoms with Gasteiger partial charge in [0.2, 0.25) is 0 Å². The zero-order valence-electron chi connectivity index (χ0n) is 12.0. The molecule has 5 heteroatoms. The number of halogens is 2. The second kappa shape index (κ2) is 8.49. The Morgan fingerprint density at radius 1 is 1.16 bits per heavy atom. The molecule has 3 nitrogen and oxygen atoms in total. The minimum atomic E-state index is 0.573. The van der Waals surface area contributed by atoms with Crippen LogP contribution in [0.15, 0.2) is 6.07 Å². The Labute approximate surface area is 126 Å². The summed E-state index contributed by atoms with van der Waals surface area (Å²) in [6.07, 6.45) is 4.60. The largest absolute Gasteiger partial charge is 0.369 e. The third-order valence-corrected chi connectivity index (χ3v) is 3.48. The molecule has 0 amide bonds. The van der Waals surface area contributed by atoms with E-state index in [2.05, 4.69) is 29.0 Å². The lowest BCUT2D eigenvalue weighted by atomic mass is 10.2. The van der Waals surface area contributed by atoms with Gasteiger partial charge in [0.05, 0.1) is 10.0 Å². The van der Waals surface area contributed by atoms with Crippen LogP contribution in [-0.2, 0) is 0 Å². The number of anilines is 2. The SMILES string of the molecule is CCCCCN(C)c1nc(NCCC)c(Cl)cc1Cl. The van der Waals surface area contributed by atoms with Crippen LogP contribution in [0.1, 0.15) is 39.5 Å². The molecule has 0 radical (unpaired) electrons. The Hall–Kier alpha value is -0.670. The maximum atomic E-state index is 6.23. The molecular weight excluding hydrogens is 281 g/mol. The van der Waals surface area contributed by atoms with E-state index in [4.69, 9.17) is 23.2 Å². The fourth-order valence-corrected chi connectivity index (χ4v) is 2.37. The molecule has 0 saturated carbocycles. The van der Waals surface area contributed by atoms with Crippen molar-refractivity contribution in [2.75, 3.05) is 30.4 Å². The van der Waals surface area contributed by atoms with Crippen molar-refractivity contribution in [1.29, 1.82) is 0 Å². The summed E-state index contributed by atoms with van der Waals surface area (Å²) < 4.78 is 0. The van der Waals surface area contributed by atoms with Gasteiger partial charge < -0.3 is 10.2 Å². The number of pyridine rings is 1. The van der Waals surface area contributed by atoms with E-state index in [-0.39, 0.29) is 0 Å². The van der Waals surface area contributed by atoms with Crippen LogP contribution < -0.4 is 10.2 Å². The maximum Gasteiger partial charge on any atom is 0.149 e. The van der Waals surface area contributed by atoms with E-state index >= 15 is 0 Å². The monoisotopic (exact) mass is 303 g/mol. The average Bonchev–Trinajstić information content (AvgIpc) is 2.38. The molecule has 0 fully saturated rings. The number of hydrogen-bond donors (Lipinski definition) is 1. The summed E-state index contributed by atoms with van der Waals surface area (Å²) in [5.41, 5.74) is 0. The van der Waals surface area contributed by atoms with Crippen LogP contribution in [-0.4, -0.2) is 25.1 Å². The van der Waals surface area contributed by atoms with Crippen molar-refractivity contribution in [2.45, 2.75) is 39.5 Å². The lowest BCUT2D eigenvalue weighted by Crippen LogP contribution is -2.20. The summed E-state index contributed by atoms with van der Waals surface area (Å²) in [5, 5.41) is 4.40. The summed E-state index contributed by atoms with van der Waals surface area (Å²) in [7, 11) is 2.02. The van der Waals surface area contributed by atoms with E-state index in [1.165, 1.54) is 12.8 Å². The van der Waals surface area contributed by atoms with Crippen molar-refractivity contribution >= 4 is 34.8 Å². The number of hydrogen-bond acceptors (Lipinski definition) is 3. The number of rotatable bonds is 8. The van der Waals surface area contributed by atoms with Crippen LogP contribution in [0.2, 0.25) is 10.0 Å². The summed E-state index contributed by atoms with van der Waals surface area (Å²) in [6.45, 7) is 6.11. The molecule has 0 aliphatic rings. The zero-order valence-corrected chi connectivity index (χ0v) is 13.5. The highest BCUT2D eigenvalue weighted by atomic mass is 35.5. The van der Waals surface area contributed by atoms with Crippen LogP contribution in [0.25, 0.3) is 0 Å². The molecule has 0 aliphatic heterocycles. The predicted molar refractivity (Wildman–Crippen MR) is 85.8 cm³/mol. The molecule has 108 valence electrons. The van der Waals surface area contributed by atoms with Gasteiger partial charge in [0.15, 0.2) is 0 Å². The first-order chi connectivity index (χ1) is 9.10.